The fraction of sp³-hybridized carbons (Fsp3) is 0.269. The SMILES string of the molecule is CCCCN1CC(C(c2ccccc2)c2ccccc2)n2cc(C(=O)O)c(=O)c(O)c2C1=O. The summed E-state index contributed by atoms with van der Waals surface area (Å²) in [5.41, 5.74) is 0.207. The van der Waals surface area contributed by atoms with Gasteiger partial charge in [-0.3, -0.25) is 9.59 Å². The molecule has 3 aromatic rings. The van der Waals surface area contributed by atoms with Crippen molar-refractivity contribution >= 4 is 11.9 Å². The van der Waals surface area contributed by atoms with Gasteiger partial charge in [-0.2, -0.15) is 0 Å². The minimum absolute atomic E-state index is 0.158. The zero-order valence-corrected chi connectivity index (χ0v) is 18.3. The molecule has 2 heterocycles. The van der Waals surface area contributed by atoms with Crippen molar-refractivity contribution in [3.05, 3.63) is 99.5 Å². The molecule has 0 radical (unpaired) electrons. The number of fused-ring (bicyclic) bond motifs is 1. The quantitative estimate of drug-likeness (QED) is 0.574. The molecular weight excluding hydrogens is 420 g/mol. The predicted molar refractivity (Wildman–Crippen MR) is 124 cm³/mol. The first-order valence-electron chi connectivity index (χ1n) is 11.0. The molecular formula is C26H26N2O5. The van der Waals surface area contributed by atoms with Crippen LogP contribution in [0, 0.1) is 0 Å². The molecule has 33 heavy (non-hydrogen) atoms. The van der Waals surface area contributed by atoms with Gasteiger partial charge in [0.1, 0.15) is 5.56 Å². The molecule has 1 atom stereocenters. The minimum atomic E-state index is -1.44. The normalized spacial score (nSPS) is 15.5. The molecule has 1 aliphatic heterocycles. The fourth-order valence-corrected chi connectivity index (χ4v) is 4.56. The summed E-state index contributed by atoms with van der Waals surface area (Å²) in [5, 5.41) is 20.2. The molecule has 2 N–H and O–H groups in total. The second kappa shape index (κ2) is 9.32. The molecule has 1 unspecified atom stereocenters. The van der Waals surface area contributed by atoms with Crippen molar-refractivity contribution in [3.63, 3.8) is 0 Å². The molecule has 1 aromatic heterocycles. The van der Waals surface area contributed by atoms with E-state index in [4.69, 9.17) is 0 Å². The van der Waals surface area contributed by atoms with Crippen molar-refractivity contribution in [1.82, 2.24) is 9.47 Å². The average molecular weight is 447 g/mol. The van der Waals surface area contributed by atoms with Crippen molar-refractivity contribution in [2.75, 3.05) is 13.1 Å². The second-order valence-electron chi connectivity index (χ2n) is 8.25. The lowest BCUT2D eigenvalue weighted by atomic mass is 9.83. The molecule has 0 saturated carbocycles. The van der Waals surface area contributed by atoms with Crippen molar-refractivity contribution in [2.24, 2.45) is 0 Å². The van der Waals surface area contributed by atoms with Gasteiger partial charge >= 0.3 is 5.97 Å². The Balaban J connectivity index is 1.97. The number of unbranched alkanes of at least 4 members (excludes halogenated alkanes) is 1. The summed E-state index contributed by atoms with van der Waals surface area (Å²) in [5.74, 6) is -2.97. The highest BCUT2D eigenvalue weighted by Crippen LogP contribution is 2.40. The summed E-state index contributed by atoms with van der Waals surface area (Å²) in [6.45, 7) is 2.83. The van der Waals surface area contributed by atoms with Crippen LogP contribution >= 0.6 is 0 Å². The Morgan fingerprint density at radius 2 is 1.61 bits per heavy atom. The maximum absolute atomic E-state index is 13.3. The summed E-state index contributed by atoms with van der Waals surface area (Å²) in [6.07, 6.45) is 2.86. The summed E-state index contributed by atoms with van der Waals surface area (Å²) in [4.78, 5) is 39.2. The summed E-state index contributed by atoms with van der Waals surface area (Å²) in [7, 11) is 0. The first-order chi connectivity index (χ1) is 15.9. The van der Waals surface area contributed by atoms with E-state index in [0.717, 1.165) is 24.0 Å². The number of carboxylic acids is 1. The van der Waals surface area contributed by atoms with Crippen LogP contribution < -0.4 is 5.43 Å². The lowest BCUT2D eigenvalue weighted by molar-refractivity contribution is 0.0634. The van der Waals surface area contributed by atoms with Crippen molar-refractivity contribution < 1.29 is 19.8 Å². The smallest absolute Gasteiger partial charge is 0.341 e. The zero-order valence-electron chi connectivity index (χ0n) is 18.3. The number of hydrogen-bond acceptors (Lipinski definition) is 4. The Hall–Kier alpha value is -3.87. The van der Waals surface area contributed by atoms with Gasteiger partial charge in [0.05, 0.1) is 6.04 Å². The number of carboxylic acid groups (broad SMARTS) is 1. The number of amides is 1. The number of aromatic carboxylic acids is 1. The summed E-state index contributed by atoms with van der Waals surface area (Å²) >= 11 is 0. The van der Waals surface area contributed by atoms with Crippen LogP contribution in [0.3, 0.4) is 0 Å². The van der Waals surface area contributed by atoms with E-state index in [1.165, 1.54) is 10.8 Å². The van der Waals surface area contributed by atoms with Gasteiger partial charge in [0, 0.05) is 25.2 Å². The van der Waals surface area contributed by atoms with E-state index in [-0.39, 0.29) is 11.6 Å². The third-order valence-corrected chi connectivity index (χ3v) is 6.18. The number of carbonyl (C=O) groups is 2. The third kappa shape index (κ3) is 4.14. The highest BCUT2D eigenvalue weighted by Gasteiger charge is 2.39. The molecule has 0 spiro atoms. The molecule has 170 valence electrons. The van der Waals surface area contributed by atoms with Crippen molar-refractivity contribution in [3.8, 4) is 5.75 Å². The van der Waals surface area contributed by atoms with E-state index >= 15 is 0 Å². The van der Waals surface area contributed by atoms with Crippen LogP contribution in [-0.2, 0) is 0 Å². The zero-order chi connectivity index (χ0) is 23.5. The Morgan fingerprint density at radius 3 is 2.12 bits per heavy atom. The Bertz CT molecular complexity index is 1180. The first-order valence-corrected chi connectivity index (χ1v) is 11.0. The van der Waals surface area contributed by atoms with Gasteiger partial charge in [0.2, 0.25) is 5.43 Å². The largest absolute Gasteiger partial charge is 0.503 e. The van der Waals surface area contributed by atoms with Crippen molar-refractivity contribution in [1.29, 1.82) is 0 Å². The van der Waals surface area contributed by atoms with E-state index in [1.807, 2.05) is 67.6 Å². The number of nitrogens with zero attached hydrogens (tertiary/aromatic N) is 2. The van der Waals surface area contributed by atoms with Gasteiger partial charge in [0.25, 0.3) is 5.91 Å². The topological polar surface area (TPSA) is 99.8 Å². The van der Waals surface area contributed by atoms with Gasteiger partial charge in [-0.1, -0.05) is 74.0 Å². The molecule has 0 aliphatic carbocycles. The number of hydrogen-bond donors (Lipinski definition) is 2. The van der Waals surface area contributed by atoms with E-state index < -0.39 is 34.7 Å². The molecule has 0 saturated heterocycles. The average Bonchev–Trinajstić information content (AvgIpc) is 2.83. The molecule has 7 heteroatoms. The molecule has 1 amide bonds. The van der Waals surface area contributed by atoms with Gasteiger partial charge in [0.15, 0.2) is 11.4 Å². The van der Waals surface area contributed by atoms with Crippen LogP contribution in [0.15, 0.2) is 71.7 Å². The third-order valence-electron chi connectivity index (χ3n) is 6.18. The second-order valence-corrected chi connectivity index (χ2v) is 8.25. The predicted octanol–water partition coefficient (Wildman–Crippen LogP) is 3.88. The van der Waals surface area contributed by atoms with E-state index in [2.05, 4.69) is 0 Å². The van der Waals surface area contributed by atoms with Crippen LogP contribution in [0.5, 0.6) is 5.75 Å². The van der Waals surface area contributed by atoms with Gasteiger partial charge in [-0.05, 0) is 17.5 Å². The monoisotopic (exact) mass is 446 g/mol. The maximum Gasteiger partial charge on any atom is 0.341 e. The van der Waals surface area contributed by atoms with Gasteiger partial charge in [-0.15, -0.1) is 0 Å². The van der Waals surface area contributed by atoms with Crippen LogP contribution in [0.4, 0.5) is 0 Å². The number of aromatic nitrogens is 1. The van der Waals surface area contributed by atoms with Crippen LogP contribution in [0.2, 0.25) is 0 Å². The van der Waals surface area contributed by atoms with Crippen LogP contribution in [0.25, 0.3) is 0 Å². The van der Waals surface area contributed by atoms with E-state index in [9.17, 15) is 24.6 Å². The molecule has 1 aliphatic rings. The van der Waals surface area contributed by atoms with Crippen molar-refractivity contribution in [2.45, 2.75) is 31.7 Å². The summed E-state index contributed by atoms with van der Waals surface area (Å²) < 4.78 is 1.50. The molecule has 0 fully saturated rings. The standard InChI is InChI=1S/C26H26N2O5/c1-2-3-14-27-16-20(21(17-10-6-4-7-11-17)18-12-8-5-9-13-18)28-15-19(26(32)33)23(29)24(30)22(28)25(27)31/h4-13,15,20-21,30H,2-3,14,16H2,1H3,(H,32,33). The number of aromatic hydroxyl groups is 1. The molecule has 7 nitrogen and oxygen atoms in total. The van der Waals surface area contributed by atoms with Gasteiger partial charge < -0.3 is 19.7 Å². The lowest BCUT2D eigenvalue weighted by Gasteiger charge is -2.40. The summed E-state index contributed by atoms with van der Waals surface area (Å²) in [6, 6.07) is 19.1. The minimum Gasteiger partial charge on any atom is -0.503 e. The molecule has 2 aromatic carbocycles. The van der Waals surface area contributed by atoms with Crippen LogP contribution in [-0.4, -0.2) is 44.6 Å². The Morgan fingerprint density at radius 1 is 1.03 bits per heavy atom. The van der Waals surface area contributed by atoms with E-state index in [0.29, 0.717) is 13.1 Å². The van der Waals surface area contributed by atoms with Gasteiger partial charge in [-0.25, -0.2) is 4.79 Å². The molecule has 0 bridgehead atoms. The highest BCUT2D eigenvalue weighted by molar-refractivity contribution is 5.97. The van der Waals surface area contributed by atoms with E-state index in [1.54, 1.807) is 4.90 Å². The maximum atomic E-state index is 13.3. The lowest BCUT2D eigenvalue weighted by Crippen LogP contribution is -2.47. The number of benzene rings is 2. The number of carbonyl (C=O) groups excluding carboxylic acids is 1. The number of rotatable bonds is 7. The molecule has 4 rings (SSSR count). The van der Waals surface area contributed by atoms with Crippen LogP contribution in [0.1, 0.15) is 63.7 Å². The first kappa shape index (κ1) is 22.3. The number of pyridine rings is 1. The Labute approximate surface area is 191 Å². The fourth-order valence-electron chi connectivity index (χ4n) is 4.56. The highest BCUT2D eigenvalue weighted by atomic mass is 16.4. The Kier molecular flexibility index (Phi) is 6.31.